The van der Waals surface area contributed by atoms with Crippen LogP contribution in [-0.2, 0) is 4.79 Å². The fraction of sp³-hybridized carbons (Fsp3) is 0.923. The Labute approximate surface area is 103 Å². The molecule has 2 fully saturated rings. The molecule has 0 aromatic heterocycles. The predicted octanol–water partition coefficient (Wildman–Crippen LogP) is 0.877. The van der Waals surface area contributed by atoms with Gasteiger partial charge in [0.2, 0.25) is 5.91 Å². The van der Waals surface area contributed by atoms with E-state index in [1.54, 1.807) is 0 Å². The van der Waals surface area contributed by atoms with Gasteiger partial charge in [-0.3, -0.25) is 4.79 Å². The van der Waals surface area contributed by atoms with E-state index >= 15 is 0 Å². The number of amides is 1. The topological polar surface area (TPSA) is 66.6 Å². The van der Waals surface area contributed by atoms with Crippen molar-refractivity contribution in [2.45, 2.75) is 57.5 Å². The summed E-state index contributed by atoms with van der Waals surface area (Å²) in [5.74, 6) is 0.168. The molecule has 17 heavy (non-hydrogen) atoms. The molecule has 4 nitrogen and oxygen atoms in total. The number of hydrogen-bond donors (Lipinski definition) is 2. The average Bonchev–Trinajstić information content (AvgIpc) is 2.56. The smallest absolute Gasteiger partial charge is 0.230 e. The van der Waals surface area contributed by atoms with Crippen LogP contribution in [0.3, 0.4) is 0 Å². The standard InChI is InChI=1S/C13H24N2O2/c1-13(7-3-6-11(13)14)12(17)15(8-9-16)10-4-2-5-10/h10-11,16H,2-9,14H2,1H3. The molecule has 2 rings (SSSR count). The minimum atomic E-state index is -0.398. The Morgan fingerprint density at radius 3 is 2.53 bits per heavy atom. The molecule has 2 unspecified atom stereocenters. The molecule has 0 aromatic carbocycles. The van der Waals surface area contributed by atoms with Crippen molar-refractivity contribution in [1.29, 1.82) is 0 Å². The zero-order chi connectivity index (χ0) is 12.5. The molecule has 2 aliphatic rings. The van der Waals surface area contributed by atoms with Crippen LogP contribution < -0.4 is 5.73 Å². The Hall–Kier alpha value is -0.610. The second-order valence-corrected chi connectivity index (χ2v) is 5.72. The number of aliphatic hydroxyl groups excluding tert-OH is 1. The summed E-state index contributed by atoms with van der Waals surface area (Å²) in [6.45, 7) is 2.51. The Morgan fingerprint density at radius 1 is 1.41 bits per heavy atom. The number of hydrogen-bond acceptors (Lipinski definition) is 3. The first-order valence-corrected chi connectivity index (χ1v) is 6.77. The molecular weight excluding hydrogens is 216 g/mol. The van der Waals surface area contributed by atoms with E-state index in [1.807, 2.05) is 11.8 Å². The summed E-state index contributed by atoms with van der Waals surface area (Å²) >= 11 is 0. The number of carbonyl (C=O) groups is 1. The van der Waals surface area contributed by atoms with Crippen LogP contribution in [0.25, 0.3) is 0 Å². The lowest BCUT2D eigenvalue weighted by atomic mass is 9.81. The first kappa shape index (κ1) is 12.8. The molecule has 0 bridgehead atoms. The summed E-state index contributed by atoms with van der Waals surface area (Å²) in [7, 11) is 0. The number of nitrogens with zero attached hydrogens (tertiary/aromatic N) is 1. The van der Waals surface area contributed by atoms with Crippen LogP contribution in [0.1, 0.15) is 45.4 Å². The highest BCUT2D eigenvalue weighted by atomic mass is 16.3. The summed E-state index contributed by atoms with van der Waals surface area (Å²) in [6.07, 6.45) is 6.24. The van der Waals surface area contributed by atoms with Crippen LogP contribution in [0.4, 0.5) is 0 Å². The molecule has 98 valence electrons. The van der Waals surface area contributed by atoms with Crippen LogP contribution in [-0.4, -0.2) is 41.1 Å². The molecule has 2 aliphatic carbocycles. The largest absolute Gasteiger partial charge is 0.395 e. The van der Waals surface area contributed by atoms with Crippen molar-refractivity contribution in [3.8, 4) is 0 Å². The molecule has 2 saturated carbocycles. The summed E-state index contributed by atoms with van der Waals surface area (Å²) in [5.41, 5.74) is 5.70. The first-order valence-electron chi connectivity index (χ1n) is 6.77. The van der Waals surface area contributed by atoms with Gasteiger partial charge in [0.05, 0.1) is 12.0 Å². The molecule has 0 heterocycles. The lowest BCUT2D eigenvalue weighted by Gasteiger charge is -2.42. The van der Waals surface area contributed by atoms with Crippen LogP contribution in [0, 0.1) is 5.41 Å². The van der Waals surface area contributed by atoms with E-state index < -0.39 is 5.41 Å². The maximum Gasteiger partial charge on any atom is 0.230 e. The Balaban J connectivity index is 2.09. The SMILES string of the molecule is CC1(C(=O)N(CCO)C2CCC2)CCCC1N. The zero-order valence-electron chi connectivity index (χ0n) is 10.7. The lowest BCUT2D eigenvalue weighted by Crippen LogP contribution is -2.54. The van der Waals surface area contributed by atoms with Crippen molar-refractivity contribution in [2.75, 3.05) is 13.2 Å². The van der Waals surface area contributed by atoms with E-state index in [2.05, 4.69) is 0 Å². The normalized spacial score (nSPS) is 33.5. The third-order valence-corrected chi connectivity index (χ3v) is 4.64. The summed E-state index contributed by atoms with van der Waals surface area (Å²) in [5, 5.41) is 9.12. The van der Waals surface area contributed by atoms with Crippen molar-refractivity contribution in [3.63, 3.8) is 0 Å². The van der Waals surface area contributed by atoms with E-state index in [-0.39, 0.29) is 18.6 Å². The minimum absolute atomic E-state index is 0.0173. The van der Waals surface area contributed by atoms with Crippen LogP contribution in [0.2, 0.25) is 0 Å². The second kappa shape index (κ2) is 4.94. The monoisotopic (exact) mass is 240 g/mol. The Bertz CT molecular complexity index is 291. The summed E-state index contributed by atoms with van der Waals surface area (Å²) in [6, 6.07) is 0.329. The number of rotatable bonds is 4. The van der Waals surface area contributed by atoms with Crippen LogP contribution in [0.5, 0.6) is 0 Å². The lowest BCUT2D eigenvalue weighted by molar-refractivity contribution is -0.146. The van der Waals surface area contributed by atoms with Gasteiger partial charge in [-0.2, -0.15) is 0 Å². The van der Waals surface area contributed by atoms with Crippen molar-refractivity contribution >= 4 is 5.91 Å². The fourth-order valence-corrected chi connectivity index (χ4v) is 3.04. The van der Waals surface area contributed by atoms with E-state index in [1.165, 1.54) is 6.42 Å². The number of aliphatic hydroxyl groups is 1. The van der Waals surface area contributed by atoms with Crippen molar-refractivity contribution in [3.05, 3.63) is 0 Å². The maximum absolute atomic E-state index is 12.6. The van der Waals surface area contributed by atoms with Gasteiger partial charge in [-0.25, -0.2) is 0 Å². The average molecular weight is 240 g/mol. The highest BCUT2D eigenvalue weighted by Gasteiger charge is 2.46. The molecule has 4 heteroatoms. The van der Waals surface area contributed by atoms with Gasteiger partial charge >= 0.3 is 0 Å². The third kappa shape index (κ3) is 2.20. The van der Waals surface area contributed by atoms with E-state index in [0.29, 0.717) is 12.6 Å². The van der Waals surface area contributed by atoms with Gasteiger partial charge in [0.1, 0.15) is 0 Å². The highest BCUT2D eigenvalue weighted by molar-refractivity contribution is 5.84. The second-order valence-electron chi connectivity index (χ2n) is 5.72. The van der Waals surface area contributed by atoms with Gasteiger partial charge in [0, 0.05) is 18.6 Å². The third-order valence-electron chi connectivity index (χ3n) is 4.64. The molecule has 3 N–H and O–H groups in total. The van der Waals surface area contributed by atoms with E-state index in [9.17, 15) is 4.79 Å². The molecule has 1 amide bonds. The van der Waals surface area contributed by atoms with Gasteiger partial charge in [-0.05, 0) is 39.0 Å². The number of carbonyl (C=O) groups excluding carboxylic acids is 1. The highest BCUT2D eigenvalue weighted by Crippen LogP contribution is 2.40. The zero-order valence-corrected chi connectivity index (χ0v) is 10.7. The first-order chi connectivity index (χ1) is 8.09. The fourth-order valence-electron chi connectivity index (χ4n) is 3.04. The van der Waals surface area contributed by atoms with Gasteiger partial charge in [-0.15, -0.1) is 0 Å². The predicted molar refractivity (Wildman–Crippen MR) is 66.4 cm³/mol. The molecule has 0 aromatic rings. The molecule has 0 aliphatic heterocycles. The van der Waals surface area contributed by atoms with Crippen LogP contribution in [0.15, 0.2) is 0 Å². The van der Waals surface area contributed by atoms with Gasteiger partial charge in [0.25, 0.3) is 0 Å². The molecule has 0 spiro atoms. The summed E-state index contributed by atoms with van der Waals surface area (Å²) < 4.78 is 0. The molecule has 0 saturated heterocycles. The van der Waals surface area contributed by atoms with E-state index in [0.717, 1.165) is 32.1 Å². The molecule has 2 atom stereocenters. The minimum Gasteiger partial charge on any atom is -0.395 e. The maximum atomic E-state index is 12.6. The quantitative estimate of drug-likeness (QED) is 0.766. The van der Waals surface area contributed by atoms with Crippen molar-refractivity contribution < 1.29 is 9.90 Å². The number of nitrogens with two attached hydrogens (primary N) is 1. The van der Waals surface area contributed by atoms with Gasteiger partial charge < -0.3 is 15.7 Å². The van der Waals surface area contributed by atoms with Crippen molar-refractivity contribution in [2.24, 2.45) is 11.1 Å². The van der Waals surface area contributed by atoms with Gasteiger partial charge in [-0.1, -0.05) is 6.42 Å². The molecule has 0 radical (unpaired) electrons. The van der Waals surface area contributed by atoms with E-state index in [4.69, 9.17) is 10.8 Å². The van der Waals surface area contributed by atoms with Gasteiger partial charge in [0.15, 0.2) is 0 Å². The summed E-state index contributed by atoms with van der Waals surface area (Å²) in [4.78, 5) is 14.5. The Morgan fingerprint density at radius 2 is 2.12 bits per heavy atom. The molecular formula is C13H24N2O2. The van der Waals surface area contributed by atoms with Crippen molar-refractivity contribution in [1.82, 2.24) is 4.90 Å². The van der Waals surface area contributed by atoms with Crippen LogP contribution >= 0.6 is 0 Å². The Kier molecular flexibility index (Phi) is 3.73.